The van der Waals surface area contributed by atoms with Gasteiger partial charge in [-0.05, 0) is 37.8 Å². The summed E-state index contributed by atoms with van der Waals surface area (Å²) in [5.74, 6) is -0.307. The molecule has 0 bridgehead atoms. The van der Waals surface area contributed by atoms with Crippen LogP contribution in [0.3, 0.4) is 0 Å². The van der Waals surface area contributed by atoms with Gasteiger partial charge in [-0.3, -0.25) is 0 Å². The number of nitrogens with two attached hydrogens (primary N) is 1. The molecule has 88 valence electrons. The summed E-state index contributed by atoms with van der Waals surface area (Å²) in [6.45, 7) is 3.17. The predicted octanol–water partition coefficient (Wildman–Crippen LogP) is 3.18. The van der Waals surface area contributed by atoms with E-state index in [4.69, 9.17) is 5.73 Å². The predicted molar refractivity (Wildman–Crippen MR) is 66.1 cm³/mol. The van der Waals surface area contributed by atoms with E-state index in [1.54, 1.807) is 6.07 Å². The molecule has 1 unspecified atom stereocenters. The lowest BCUT2D eigenvalue weighted by Crippen LogP contribution is -2.39. The fraction of sp³-hybridized carbons (Fsp3) is 0.538. The Labute approximate surface area is 96.2 Å². The van der Waals surface area contributed by atoms with Gasteiger partial charge in [0.1, 0.15) is 5.82 Å². The van der Waals surface area contributed by atoms with Gasteiger partial charge in [0.25, 0.3) is 0 Å². The summed E-state index contributed by atoms with van der Waals surface area (Å²) in [7, 11) is 0. The number of para-hydroxylation sites is 1. The number of nitrogens with zero attached hydrogens (tertiary/aromatic N) is 1. The zero-order valence-electron chi connectivity index (χ0n) is 9.75. The molecule has 0 spiro atoms. The van der Waals surface area contributed by atoms with Crippen molar-refractivity contribution in [1.82, 2.24) is 0 Å². The molecule has 2 nitrogen and oxygen atoms in total. The minimum atomic E-state index is -0.307. The van der Waals surface area contributed by atoms with Gasteiger partial charge in [-0.15, -0.1) is 0 Å². The minimum Gasteiger partial charge on any atom is -0.395 e. The van der Waals surface area contributed by atoms with Gasteiger partial charge in [0.2, 0.25) is 0 Å². The average Bonchev–Trinajstić information content (AvgIpc) is 2.33. The summed E-state index contributed by atoms with van der Waals surface area (Å²) in [6.07, 6.45) is 4.72. The summed E-state index contributed by atoms with van der Waals surface area (Å²) < 4.78 is 13.4. The van der Waals surface area contributed by atoms with Crippen LogP contribution in [-0.2, 0) is 0 Å². The lowest BCUT2D eigenvalue weighted by molar-refractivity contribution is 0.450. The second-order valence-electron chi connectivity index (χ2n) is 4.42. The third kappa shape index (κ3) is 1.99. The van der Waals surface area contributed by atoms with E-state index in [1.165, 1.54) is 25.3 Å². The standard InChI is InChI=1S/C13H19FN2/c1-2-10-6-3-4-9-16(10)12-8-5-7-11(14)13(12)15/h5,7-8,10H,2-4,6,9,15H2,1H3. The Morgan fingerprint density at radius 3 is 3.00 bits per heavy atom. The van der Waals surface area contributed by atoms with E-state index in [0.717, 1.165) is 18.7 Å². The number of halogens is 1. The number of hydrogen-bond acceptors (Lipinski definition) is 2. The minimum absolute atomic E-state index is 0.294. The molecule has 1 fully saturated rings. The first kappa shape index (κ1) is 11.2. The van der Waals surface area contributed by atoms with E-state index in [0.29, 0.717) is 11.7 Å². The van der Waals surface area contributed by atoms with Crippen molar-refractivity contribution in [3.63, 3.8) is 0 Å². The monoisotopic (exact) mass is 222 g/mol. The highest BCUT2D eigenvalue weighted by Crippen LogP contribution is 2.31. The molecule has 2 rings (SSSR count). The SMILES string of the molecule is CCC1CCCCN1c1cccc(F)c1N. The number of benzene rings is 1. The van der Waals surface area contributed by atoms with E-state index in [9.17, 15) is 4.39 Å². The van der Waals surface area contributed by atoms with Crippen LogP contribution < -0.4 is 10.6 Å². The smallest absolute Gasteiger partial charge is 0.148 e. The molecule has 0 saturated carbocycles. The van der Waals surface area contributed by atoms with Crippen molar-refractivity contribution in [3.05, 3.63) is 24.0 Å². The first-order valence-corrected chi connectivity index (χ1v) is 6.04. The summed E-state index contributed by atoms with van der Waals surface area (Å²) in [4.78, 5) is 2.27. The summed E-state index contributed by atoms with van der Waals surface area (Å²) in [6, 6.07) is 5.59. The molecule has 3 heteroatoms. The quantitative estimate of drug-likeness (QED) is 0.779. The van der Waals surface area contributed by atoms with Crippen LogP contribution >= 0.6 is 0 Å². The lowest BCUT2D eigenvalue weighted by atomic mass is 9.99. The maximum atomic E-state index is 13.4. The molecule has 1 aliphatic heterocycles. The second-order valence-corrected chi connectivity index (χ2v) is 4.42. The molecular weight excluding hydrogens is 203 g/mol. The van der Waals surface area contributed by atoms with Crippen LogP contribution in [0.4, 0.5) is 15.8 Å². The van der Waals surface area contributed by atoms with Crippen molar-refractivity contribution in [2.75, 3.05) is 17.2 Å². The van der Waals surface area contributed by atoms with E-state index in [2.05, 4.69) is 11.8 Å². The number of rotatable bonds is 2. The molecule has 16 heavy (non-hydrogen) atoms. The van der Waals surface area contributed by atoms with Gasteiger partial charge in [0, 0.05) is 12.6 Å². The van der Waals surface area contributed by atoms with Crippen molar-refractivity contribution in [1.29, 1.82) is 0 Å². The Hall–Kier alpha value is -1.25. The molecule has 1 aromatic rings. The van der Waals surface area contributed by atoms with Crippen LogP contribution in [0.5, 0.6) is 0 Å². The number of hydrogen-bond donors (Lipinski definition) is 1. The molecule has 0 aromatic heterocycles. The van der Waals surface area contributed by atoms with Crippen LogP contribution in [-0.4, -0.2) is 12.6 Å². The Bertz CT molecular complexity index is 365. The maximum Gasteiger partial charge on any atom is 0.148 e. The molecule has 0 aliphatic carbocycles. The summed E-state index contributed by atoms with van der Waals surface area (Å²) >= 11 is 0. The van der Waals surface area contributed by atoms with Crippen molar-refractivity contribution in [2.24, 2.45) is 0 Å². The summed E-state index contributed by atoms with van der Waals surface area (Å²) in [5.41, 5.74) is 6.98. The van der Waals surface area contributed by atoms with Crippen molar-refractivity contribution in [3.8, 4) is 0 Å². The second kappa shape index (κ2) is 4.73. The molecule has 0 radical (unpaired) electrons. The van der Waals surface area contributed by atoms with E-state index in [1.807, 2.05) is 6.07 Å². The molecule has 2 N–H and O–H groups in total. The number of anilines is 2. The van der Waals surface area contributed by atoms with Crippen LogP contribution in [0.15, 0.2) is 18.2 Å². The summed E-state index contributed by atoms with van der Waals surface area (Å²) in [5, 5.41) is 0. The Kier molecular flexibility index (Phi) is 3.32. The van der Waals surface area contributed by atoms with Crippen molar-refractivity contribution < 1.29 is 4.39 Å². The largest absolute Gasteiger partial charge is 0.395 e. The highest BCUT2D eigenvalue weighted by Gasteiger charge is 2.23. The first-order valence-electron chi connectivity index (χ1n) is 6.04. The van der Waals surface area contributed by atoms with E-state index < -0.39 is 0 Å². The zero-order chi connectivity index (χ0) is 11.5. The van der Waals surface area contributed by atoms with Gasteiger partial charge in [0.05, 0.1) is 11.4 Å². The lowest BCUT2D eigenvalue weighted by Gasteiger charge is -2.37. The molecule has 1 heterocycles. The third-order valence-corrected chi connectivity index (χ3v) is 3.44. The molecule has 1 saturated heterocycles. The number of nitrogen functional groups attached to an aromatic ring is 1. The molecule has 1 aliphatic rings. The van der Waals surface area contributed by atoms with Gasteiger partial charge in [-0.25, -0.2) is 4.39 Å². The molecular formula is C13H19FN2. The van der Waals surface area contributed by atoms with Gasteiger partial charge >= 0.3 is 0 Å². The van der Waals surface area contributed by atoms with Crippen LogP contribution in [0.1, 0.15) is 32.6 Å². The Balaban J connectivity index is 2.30. The van der Waals surface area contributed by atoms with E-state index >= 15 is 0 Å². The van der Waals surface area contributed by atoms with Crippen LogP contribution in [0.2, 0.25) is 0 Å². The Morgan fingerprint density at radius 1 is 1.44 bits per heavy atom. The topological polar surface area (TPSA) is 29.3 Å². The highest BCUT2D eigenvalue weighted by atomic mass is 19.1. The van der Waals surface area contributed by atoms with E-state index in [-0.39, 0.29) is 5.82 Å². The van der Waals surface area contributed by atoms with Crippen LogP contribution in [0.25, 0.3) is 0 Å². The van der Waals surface area contributed by atoms with Crippen LogP contribution in [0, 0.1) is 5.82 Å². The zero-order valence-corrected chi connectivity index (χ0v) is 9.75. The molecule has 1 aromatic carbocycles. The normalized spacial score (nSPS) is 21.1. The van der Waals surface area contributed by atoms with Gasteiger partial charge in [0.15, 0.2) is 0 Å². The molecule has 1 atom stereocenters. The van der Waals surface area contributed by atoms with Gasteiger partial charge in [-0.1, -0.05) is 13.0 Å². The van der Waals surface area contributed by atoms with Crippen molar-refractivity contribution >= 4 is 11.4 Å². The van der Waals surface area contributed by atoms with Gasteiger partial charge in [-0.2, -0.15) is 0 Å². The molecule has 0 amide bonds. The first-order chi connectivity index (χ1) is 7.74. The Morgan fingerprint density at radius 2 is 2.25 bits per heavy atom. The number of piperidine rings is 1. The van der Waals surface area contributed by atoms with Crippen molar-refractivity contribution in [2.45, 2.75) is 38.6 Å². The average molecular weight is 222 g/mol. The maximum absolute atomic E-state index is 13.4. The third-order valence-electron chi connectivity index (χ3n) is 3.44. The van der Waals surface area contributed by atoms with Gasteiger partial charge < -0.3 is 10.6 Å². The fourth-order valence-corrected chi connectivity index (χ4v) is 2.52. The fourth-order valence-electron chi connectivity index (χ4n) is 2.52. The highest BCUT2D eigenvalue weighted by molar-refractivity contribution is 5.68.